The van der Waals surface area contributed by atoms with Gasteiger partial charge in [-0.3, -0.25) is 9.69 Å². The Labute approximate surface area is 118 Å². The number of carboxylic acids is 1. The predicted molar refractivity (Wildman–Crippen MR) is 77.4 cm³/mol. The molecule has 3 rings (SSSR count). The first-order valence-corrected chi connectivity index (χ1v) is 7.88. The number of hydrogen-bond acceptors (Lipinski definition) is 3. The Hall–Kier alpha value is -1.00. The minimum absolute atomic E-state index is 0.360. The van der Waals surface area contributed by atoms with Crippen molar-refractivity contribution in [2.45, 2.75) is 43.6 Å². The Morgan fingerprint density at radius 2 is 2.11 bits per heavy atom. The molecule has 0 aliphatic carbocycles. The summed E-state index contributed by atoms with van der Waals surface area (Å²) in [6.45, 7) is 3.00. The zero-order valence-corrected chi connectivity index (χ0v) is 11.9. The molecule has 2 aliphatic heterocycles. The first kappa shape index (κ1) is 13.0. The molecule has 3 nitrogen and oxygen atoms in total. The maximum absolute atomic E-state index is 11.6. The molecule has 1 N–H and O–H groups in total. The monoisotopic (exact) mass is 277 g/mol. The SMILES string of the molecule is CC1SCCC1N1Cc2ccccc2CC1C(=O)O. The van der Waals surface area contributed by atoms with Gasteiger partial charge >= 0.3 is 5.97 Å². The van der Waals surface area contributed by atoms with E-state index < -0.39 is 5.97 Å². The number of rotatable bonds is 2. The minimum atomic E-state index is -0.682. The predicted octanol–water partition coefficient (Wildman–Crippen LogP) is 2.39. The Morgan fingerprint density at radius 3 is 2.74 bits per heavy atom. The molecule has 3 unspecified atom stereocenters. The van der Waals surface area contributed by atoms with Crippen LogP contribution in [-0.4, -0.2) is 39.1 Å². The average Bonchev–Trinajstić information content (AvgIpc) is 2.83. The van der Waals surface area contributed by atoms with Gasteiger partial charge in [0, 0.05) is 17.8 Å². The molecule has 19 heavy (non-hydrogen) atoms. The standard InChI is InChI=1S/C15H19NO2S/c1-10-13(6-7-19-10)16-9-12-5-3-2-4-11(12)8-14(16)15(17)18/h2-5,10,13-14H,6-9H2,1H3,(H,17,18). The molecule has 0 amide bonds. The number of carbonyl (C=O) groups is 1. The van der Waals surface area contributed by atoms with Gasteiger partial charge in [-0.25, -0.2) is 0 Å². The zero-order chi connectivity index (χ0) is 13.4. The molecule has 2 aliphatic rings. The van der Waals surface area contributed by atoms with Gasteiger partial charge in [0.2, 0.25) is 0 Å². The van der Waals surface area contributed by atoms with Crippen LogP contribution < -0.4 is 0 Å². The summed E-state index contributed by atoms with van der Waals surface area (Å²) >= 11 is 1.96. The van der Waals surface area contributed by atoms with Crippen LogP contribution in [0, 0.1) is 0 Å². The summed E-state index contributed by atoms with van der Waals surface area (Å²) in [5.74, 6) is 0.467. The van der Waals surface area contributed by atoms with E-state index in [4.69, 9.17) is 0 Å². The van der Waals surface area contributed by atoms with Crippen LogP contribution in [0.5, 0.6) is 0 Å². The summed E-state index contributed by atoms with van der Waals surface area (Å²) in [5, 5.41) is 10.1. The molecule has 2 heterocycles. The highest BCUT2D eigenvalue weighted by Gasteiger charge is 2.39. The molecule has 0 spiro atoms. The fraction of sp³-hybridized carbons (Fsp3) is 0.533. The van der Waals surface area contributed by atoms with Gasteiger partial charge in [0.05, 0.1) is 0 Å². The lowest BCUT2D eigenvalue weighted by Gasteiger charge is -2.39. The summed E-state index contributed by atoms with van der Waals surface area (Å²) in [7, 11) is 0. The average molecular weight is 277 g/mol. The van der Waals surface area contributed by atoms with Crippen LogP contribution in [0.15, 0.2) is 24.3 Å². The highest BCUT2D eigenvalue weighted by molar-refractivity contribution is 8.00. The zero-order valence-electron chi connectivity index (χ0n) is 11.1. The first-order valence-electron chi connectivity index (χ1n) is 6.84. The number of nitrogens with zero attached hydrogens (tertiary/aromatic N) is 1. The lowest BCUT2D eigenvalue weighted by Crippen LogP contribution is -2.52. The highest BCUT2D eigenvalue weighted by atomic mass is 32.2. The maximum atomic E-state index is 11.6. The van der Waals surface area contributed by atoms with E-state index in [-0.39, 0.29) is 6.04 Å². The molecular formula is C15H19NO2S. The van der Waals surface area contributed by atoms with E-state index in [1.807, 2.05) is 23.9 Å². The van der Waals surface area contributed by atoms with Crippen molar-refractivity contribution in [1.29, 1.82) is 0 Å². The van der Waals surface area contributed by atoms with E-state index in [0.717, 1.165) is 18.7 Å². The van der Waals surface area contributed by atoms with Gasteiger partial charge in [0.15, 0.2) is 0 Å². The van der Waals surface area contributed by atoms with Crippen LogP contribution in [-0.2, 0) is 17.8 Å². The smallest absolute Gasteiger partial charge is 0.321 e. The van der Waals surface area contributed by atoms with Crippen LogP contribution in [0.25, 0.3) is 0 Å². The van der Waals surface area contributed by atoms with Crippen molar-refractivity contribution in [1.82, 2.24) is 4.90 Å². The molecule has 1 saturated heterocycles. The molecule has 0 radical (unpaired) electrons. The number of aliphatic carboxylic acids is 1. The van der Waals surface area contributed by atoms with Crippen LogP contribution in [0.3, 0.4) is 0 Å². The lowest BCUT2D eigenvalue weighted by atomic mass is 9.91. The van der Waals surface area contributed by atoms with Crippen LogP contribution in [0.4, 0.5) is 0 Å². The second kappa shape index (κ2) is 5.17. The van der Waals surface area contributed by atoms with Gasteiger partial charge in [-0.2, -0.15) is 11.8 Å². The molecule has 1 aromatic carbocycles. The van der Waals surface area contributed by atoms with E-state index in [2.05, 4.69) is 24.0 Å². The molecule has 102 valence electrons. The van der Waals surface area contributed by atoms with Crippen LogP contribution >= 0.6 is 11.8 Å². The molecule has 0 aromatic heterocycles. The Bertz CT molecular complexity index is 491. The van der Waals surface area contributed by atoms with Crippen molar-refractivity contribution in [2.24, 2.45) is 0 Å². The van der Waals surface area contributed by atoms with E-state index in [0.29, 0.717) is 17.7 Å². The summed E-state index contributed by atoms with van der Waals surface area (Å²) in [6.07, 6.45) is 1.75. The van der Waals surface area contributed by atoms with Gasteiger partial charge in [0.1, 0.15) is 6.04 Å². The van der Waals surface area contributed by atoms with Gasteiger partial charge in [-0.05, 0) is 29.7 Å². The van der Waals surface area contributed by atoms with Crippen molar-refractivity contribution in [3.8, 4) is 0 Å². The molecule has 3 atom stereocenters. The lowest BCUT2D eigenvalue weighted by molar-refractivity contribution is -0.145. The van der Waals surface area contributed by atoms with Gasteiger partial charge in [-0.15, -0.1) is 0 Å². The Balaban J connectivity index is 1.91. The normalized spacial score (nSPS) is 31.1. The fourth-order valence-electron chi connectivity index (χ4n) is 3.28. The third-order valence-electron chi connectivity index (χ3n) is 4.33. The summed E-state index contributed by atoms with van der Waals surface area (Å²) in [4.78, 5) is 13.8. The summed E-state index contributed by atoms with van der Waals surface area (Å²) in [6, 6.07) is 8.29. The van der Waals surface area contributed by atoms with E-state index in [1.165, 1.54) is 11.1 Å². The number of thioether (sulfide) groups is 1. The van der Waals surface area contributed by atoms with Crippen molar-refractivity contribution in [3.05, 3.63) is 35.4 Å². The summed E-state index contributed by atoms with van der Waals surface area (Å²) < 4.78 is 0. The van der Waals surface area contributed by atoms with E-state index in [1.54, 1.807) is 0 Å². The van der Waals surface area contributed by atoms with Gasteiger partial charge < -0.3 is 5.11 Å². The molecular weight excluding hydrogens is 258 g/mol. The second-order valence-corrected chi connectivity index (χ2v) is 6.92. The number of hydrogen-bond donors (Lipinski definition) is 1. The second-order valence-electron chi connectivity index (χ2n) is 5.43. The van der Waals surface area contributed by atoms with Crippen molar-refractivity contribution < 1.29 is 9.90 Å². The van der Waals surface area contributed by atoms with Crippen LogP contribution in [0.2, 0.25) is 0 Å². The Kier molecular flexibility index (Phi) is 3.54. The first-order chi connectivity index (χ1) is 9.16. The van der Waals surface area contributed by atoms with E-state index in [9.17, 15) is 9.90 Å². The largest absolute Gasteiger partial charge is 0.480 e. The number of fused-ring (bicyclic) bond motifs is 1. The van der Waals surface area contributed by atoms with Crippen molar-refractivity contribution in [3.63, 3.8) is 0 Å². The molecule has 4 heteroatoms. The quantitative estimate of drug-likeness (QED) is 0.901. The number of carboxylic acid groups (broad SMARTS) is 1. The summed E-state index contributed by atoms with van der Waals surface area (Å²) in [5.41, 5.74) is 2.49. The number of benzene rings is 1. The minimum Gasteiger partial charge on any atom is -0.480 e. The molecule has 0 saturated carbocycles. The Morgan fingerprint density at radius 1 is 1.37 bits per heavy atom. The third-order valence-corrected chi connectivity index (χ3v) is 5.64. The topological polar surface area (TPSA) is 40.5 Å². The van der Waals surface area contributed by atoms with E-state index >= 15 is 0 Å². The fourth-order valence-corrected chi connectivity index (χ4v) is 4.54. The van der Waals surface area contributed by atoms with Gasteiger partial charge in [-0.1, -0.05) is 31.2 Å². The third kappa shape index (κ3) is 2.39. The van der Waals surface area contributed by atoms with Gasteiger partial charge in [0.25, 0.3) is 0 Å². The van der Waals surface area contributed by atoms with Crippen LogP contribution in [0.1, 0.15) is 24.5 Å². The molecule has 1 aromatic rings. The highest BCUT2D eigenvalue weighted by Crippen LogP contribution is 2.35. The molecule has 0 bridgehead atoms. The molecule has 1 fully saturated rings. The maximum Gasteiger partial charge on any atom is 0.321 e. The van der Waals surface area contributed by atoms with Crippen molar-refractivity contribution >= 4 is 17.7 Å². The van der Waals surface area contributed by atoms with Crippen molar-refractivity contribution in [2.75, 3.05) is 5.75 Å².